The van der Waals surface area contributed by atoms with Gasteiger partial charge >= 0.3 is 6.09 Å². The molecule has 1 aromatic rings. The zero-order valence-corrected chi connectivity index (χ0v) is 12.3. The van der Waals surface area contributed by atoms with Gasteiger partial charge in [0.05, 0.1) is 11.7 Å². The average molecular weight is 292 g/mol. The summed E-state index contributed by atoms with van der Waals surface area (Å²) in [7, 11) is 0. The van der Waals surface area contributed by atoms with E-state index in [0.717, 1.165) is 5.69 Å². The Balaban J connectivity index is 1.96. The summed E-state index contributed by atoms with van der Waals surface area (Å²) in [5.41, 5.74) is 1.12. The van der Waals surface area contributed by atoms with E-state index in [1.807, 2.05) is 13.8 Å². The summed E-state index contributed by atoms with van der Waals surface area (Å²) >= 11 is 0. The maximum absolute atomic E-state index is 11.8. The van der Waals surface area contributed by atoms with Gasteiger partial charge in [-0.1, -0.05) is 0 Å². The van der Waals surface area contributed by atoms with Crippen LogP contribution in [0.25, 0.3) is 0 Å². The summed E-state index contributed by atoms with van der Waals surface area (Å²) in [5.74, 6) is -0.0239. The highest BCUT2D eigenvalue weighted by molar-refractivity contribution is 5.80. The predicted octanol–water partition coefficient (Wildman–Crippen LogP) is 1.87. The Bertz CT molecular complexity index is 522. The van der Waals surface area contributed by atoms with Gasteiger partial charge in [-0.05, 0) is 26.0 Å². The van der Waals surface area contributed by atoms with Crippen LogP contribution in [0.3, 0.4) is 0 Å². The average Bonchev–Trinajstić information content (AvgIpc) is 2.46. The van der Waals surface area contributed by atoms with Gasteiger partial charge < -0.3 is 19.6 Å². The van der Waals surface area contributed by atoms with Crippen molar-refractivity contribution in [3.63, 3.8) is 0 Å². The minimum Gasteiger partial charge on any atom is -0.507 e. The van der Waals surface area contributed by atoms with E-state index in [1.54, 1.807) is 23.1 Å². The number of ether oxygens (including phenoxy) is 1. The quantitative estimate of drug-likeness (QED) is 0.861. The normalized spacial score (nSPS) is 15.2. The summed E-state index contributed by atoms with van der Waals surface area (Å²) in [6, 6.07) is 4.97. The lowest BCUT2D eigenvalue weighted by Crippen LogP contribution is -2.49. The van der Waals surface area contributed by atoms with Crippen LogP contribution in [0.2, 0.25) is 0 Å². The van der Waals surface area contributed by atoms with Crippen molar-refractivity contribution in [3.05, 3.63) is 23.8 Å². The van der Waals surface area contributed by atoms with E-state index in [-0.39, 0.29) is 23.5 Å². The number of hydrogen-bond acceptors (Lipinski definition) is 5. The zero-order valence-electron chi connectivity index (χ0n) is 12.3. The van der Waals surface area contributed by atoms with Crippen molar-refractivity contribution in [3.8, 4) is 5.75 Å². The molecule has 1 amide bonds. The van der Waals surface area contributed by atoms with Gasteiger partial charge in [-0.25, -0.2) is 4.79 Å². The molecule has 0 aliphatic carbocycles. The highest BCUT2D eigenvalue weighted by Crippen LogP contribution is 2.24. The van der Waals surface area contributed by atoms with Crippen molar-refractivity contribution in [1.82, 2.24) is 4.90 Å². The second-order valence-corrected chi connectivity index (χ2v) is 5.27. The fourth-order valence-corrected chi connectivity index (χ4v) is 2.25. The number of hydrogen-bond donors (Lipinski definition) is 1. The molecule has 21 heavy (non-hydrogen) atoms. The van der Waals surface area contributed by atoms with Crippen LogP contribution in [-0.2, 0) is 4.74 Å². The van der Waals surface area contributed by atoms with Crippen molar-refractivity contribution in [2.45, 2.75) is 20.0 Å². The molecule has 1 saturated heterocycles. The summed E-state index contributed by atoms with van der Waals surface area (Å²) in [6.45, 7) is 6.11. The van der Waals surface area contributed by atoms with Crippen LogP contribution < -0.4 is 4.90 Å². The second-order valence-electron chi connectivity index (χ2n) is 5.27. The number of carbonyl (C=O) groups is 2. The van der Waals surface area contributed by atoms with Crippen LogP contribution in [0.1, 0.15) is 24.2 Å². The van der Waals surface area contributed by atoms with Gasteiger partial charge in [0.15, 0.2) is 6.29 Å². The van der Waals surface area contributed by atoms with Crippen molar-refractivity contribution in [1.29, 1.82) is 0 Å². The molecule has 6 nitrogen and oxygen atoms in total. The number of rotatable bonds is 3. The van der Waals surface area contributed by atoms with Crippen molar-refractivity contribution >= 4 is 18.1 Å². The van der Waals surface area contributed by atoms with E-state index in [0.29, 0.717) is 32.5 Å². The lowest BCUT2D eigenvalue weighted by molar-refractivity contribution is 0.0751. The van der Waals surface area contributed by atoms with Crippen LogP contribution in [0.15, 0.2) is 18.2 Å². The summed E-state index contributed by atoms with van der Waals surface area (Å²) in [6.07, 6.45) is 0.214. The van der Waals surface area contributed by atoms with E-state index in [4.69, 9.17) is 4.74 Å². The molecule has 0 unspecified atom stereocenters. The monoisotopic (exact) mass is 292 g/mol. The maximum atomic E-state index is 11.8. The molecule has 2 rings (SSSR count). The highest BCUT2D eigenvalue weighted by Gasteiger charge is 2.23. The molecule has 0 atom stereocenters. The van der Waals surface area contributed by atoms with Crippen LogP contribution in [0, 0.1) is 0 Å². The molecular formula is C15H20N2O4. The summed E-state index contributed by atoms with van der Waals surface area (Å²) < 4.78 is 5.17. The standard InChI is InChI=1S/C15H20N2O4/c1-11(2)21-15(20)17-7-5-16(6-8-17)13-4-3-12(10-18)14(19)9-13/h3-4,9-11,19H,5-8H2,1-2H3. The number of aromatic hydroxyl groups is 1. The molecule has 1 aromatic carbocycles. The Kier molecular flexibility index (Phi) is 4.67. The minimum absolute atomic E-state index is 0.0239. The molecule has 6 heteroatoms. The minimum atomic E-state index is -0.288. The van der Waals surface area contributed by atoms with Gasteiger partial charge in [0, 0.05) is 37.9 Å². The third kappa shape index (κ3) is 3.65. The molecule has 0 spiro atoms. The smallest absolute Gasteiger partial charge is 0.410 e. The molecule has 0 aromatic heterocycles. The van der Waals surface area contributed by atoms with Gasteiger partial charge in [0.1, 0.15) is 5.75 Å². The van der Waals surface area contributed by atoms with Crippen LogP contribution in [0.5, 0.6) is 5.75 Å². The molecule has 1 heterocycles. The number of piperazine rings is 1. The highest BCUT2D eigenvalue weighted by atomic mass is 16.6. The first-order valence-electron chi connectivity index (χ1n) is 7.00. The van der Waals surface area contributed by atoms with Gasteiger partial charge in [0.25, 0.3) is 0 Å². The molecule has 1 aliphatic rings. The van der Waals surface area contributed by atoms with E-state index in [2.05, 4.69) is 4.90 Å². The van der Waals surface area contributed by atoms with Gasteiger partial charge in [-0.3, -0.25) is 4.79 Å². The number of benzene rings is 1. The van der Waals surface area contributed by atoms with Crippen molar-refractivity contribution in [2.75, 3.05) is 31.1 Å². The Morgan fingerprint density at radius 1 is 1.29 bits per heavy atom. The number of amides is 1. The van der Waals surface area contributed by atoms with Crippen molar-refractivity contribution < 1.29 is 19.4 Å². The first-order valence-corrected chi connectivity index (χ1v) is 7.00. The van der Waals surface area contributed by atoms with Crippen LogP contribution in [-0.4, -0.2) is 54.7 Å². The molecule has 1 aliphatic heterocycles. The number of carbonyl (C=O) groups excluding carboxylic acids is 2. The number of anilines is 1. The Hall–Kier alpha value is -2.24. The SMILES string of the molecule is CC(C)OC(=O)N1CCN(c2ccc(C=O)c(O)c2)CC1. The zero-order chi connectivity index (χ0) is 15.4. The first-order chi connectivity index (χ1) is 10.0. The number of phenolic OH excluding ortho intramolecular Hbond substituents is 1. The van der Waals surface area contributed by atoms with Gasteiger partial charge in [0.2, 0.25) is 0 Å². The van der Waals surface area contributed by atoms with Crippen LogP contribution >= 0.6 is 0 Å². The Labute approximate surface area is 123 Å². The van der Waals surface area contributed by atoms with E-state index < -0.39 is 0 Å². The topological polar surface area (TPSA) is 70.1 Å². The van der Waals surface area contributed by atoms with Crippen LogP contribution in [0.4, 0.5) is 10.5 Å². The molecular weight excluding hydrogens is 272 g/mol. The van der Waals surface area contributed by atoms with Gasteiger partial charge in [-0.15, -0.1) is 0 Å². The lowest BCUT2D eigenvalue weighted by atomic mass is 10.1. The molecule has 1 N–H and O–H groups in total. The van der Waals surface area contributed by atoms with E-state index >= 15 is 0 Å². The third-order valence-corrected chi connectivity index (χ3v) is 3.38. The maximum Gasteiger partial charge on any atom is 0.410 e. The molecule has 0 saturated carbocycles. The Morgan fingerprint density at radius 3 is 2.48 bits per heavy atom. The largest absolute Gasteiger partial charge is 0.507 e. The molecule has 1 fully saturated rings. The number of nitrogens with zero attached hydrogens (tertiary/aromatic N) is 2. The van der Waals surface area contributed by atoms with Gasteiger partial charge in [-0.2, -0.15) is 0 Å². The predicted molar refractivity (Wildman–Crippen MR) is 78.9 cm³/mol. The molecule has 0 bridgehead atoms. The second kappa shape index (κ2) is 6.47. The number of phenols is 1. The Morgan fingerprint density at radius 2 is 1.95 bits per heavy atom. The molecule has 114 valence electrons. The lowest BCUT2D eigenvalue weighted by Gasteiger charge is -2.35. The first kappa shape index (κ1) is 15.2. The number of aldehydes is 1. The third-order valence-electron chi connectivity index (χ3n) is 3.38. The fraction of sp³-hybridized carbons (Fsp3) is 0.467. The molecule has 0 radical (unpaired) electrons. The summed E-state index contributed by atoms with van der Waals surface area (Å²) in [4.78, 5) is 26.2. The fourth-order valence-electron chi connectivity index (χ4n) is 2.25. The van der Waals surface area contributed by atoms with E-state index in [9.17, 15) is 14.7 Å². The summed E-state index contributed by atoms with van der Waals surface area (Å²) in [5, 5.41) is 9.72. The van der Waals surface area contributed by atoms with Crippen molar-refractivity contribution in [2.24, 2.45) is 0 Å². The van der Waals surface area contributed by atoms with E-state index in [1.165, 1.54) is 0 Å².